The van der Waals surface area contributed by atoms with Crippen molar-refractivity contribution in [3.05, 3.63) is 59.2 Å². The van der Waals surface area contributed by atoms with E-state index in [0.29, 0.717) is 5.75 Å². The zero-order valence-corrected chi connectivity index (χ0v) is 20.5. The van der Waals surface area contributed by atoms with Crippen LogP contribution in [0.4, 0.5) is 4.79 Å². The third-order valence-electron chi connectivity index (χ3n) is 4.89. The topological polar surface area (TPSA) is 94.1 Å². The van der Waals surface area contributed by atoms with Crippen LogP contribution in [0.1, 0.15) is 58.2 Å². The maximum Gasteiger partial charge on any atom is 0.408 e. The molecule has 2 N–H and O–H groups in total. The van der Waals surface area contributed by atoms with Crippen molar-refractivity contribution >= 4 is 12.1 Å². The fraction of sp³-hybridized carbons (Fsp3) is 0.462. The van der Waals surface area contributed by atoms with Crippen molar-refractivity contribution in [1.82, 2.24) is 5.32 Å². The van der Waals surface area contributed by atoms with E-state index in [1.807, 2.05) is 30.3 Å². The molecule has 0 saturated carbocycles. The third kappa shape index (κ3) is 8.33. The highest BCUT2D eigenvalue weighted by molar-refractivity contribution is 5.80. The molecular formula is C26H35NO6. The second kappa shape index (κ2) is 10.6. The average Bonchev–Trinajstić information content (AvgIpc) is 2.70. The smallest absolute Gasteiger partial charge is 0.408 e. The summed E-state index contributed by atoms with van der Waals surface area (Å²) in [6.45, 7) is 11.9. The van der Waals surface area contributed by atoms with E-state index in [0.717, 1.165) is 16.9 Å². The Hall–Kier alpha value is -3.22. The van der Waals surface area contributed by atoms with Gasteiger partial charge in [-0.1, -0.05) is 39.0 Å². The predicted molar refractivity (Wildman–Crippen MR) is 127 cm³/mol. The monoisotopic (exact) mass is 457 g/mol. The lowest BCUT2D eigenvalue weighted by atomic mass is 9.87. The lowest BCUT2D eigenvalue weighted by Gasteiger charge is -2.22. The largest absolute Gasteiger partial charge is 0.496 e. The molecule has 1 unspecified atom stereocenters. The number of benzene rings is 2. The first-order chi connectivity index (χ1) is 15.3. The van der Waals surface area contributed by atoms with Crippen LogP contribution in [0.5, 0.6) is 11.5 Å². The molecule has 0 aromatic heterocycles. The highest BCUT2D eigenvalue weighted by Gasteiger charge is 2.24. The molecular weight excluding hydrogens is 422 g/mol. The van der Waals surface area contributed by atoms with E-state index in [2.05, 4.69) is 26.1 Å². The summed E-state index contributed by atoms with van der Waals surface area (Å²) >= 11 is 0. The molecule has 2 aromatic carbocycles. The van der Waals surface area contributed by atoms with Gasteiger partial charge in [0.05, 0.1) is 7.11 Å². The number of carboxylic acids is 1. The van der Waals surface area contributed by atoms with Gasteiger partial charge in [-0.15, -0.1) is 0 Å². The number of alkyl carbamates (subject to hydrolysis) is 1. The number of rotatable bonds is 8. The van der Waals surface area contributed by atoms with E-state index < -0.39 is 23.7 Å². The summed E-state index contributed by atoms with van der Waals surface area (Å²) < 4.78 is 16.6. The third-order valence-corrected chi connectivity index (χ3v) is 4.89. The maximum atomic E-state index is 12.0. The minimum Gasteiger partial charge on any atom is -0.496 e. The number of hydrogen-bond acceptors (Lipinski definition) is 5. The normalized spacial score (nSPS) is 12.6. The van der Waals surface area contributed by atoms with Gasteiger partial charge in [0.1, 0.15) is 29.7 Å². The van der Waals surface area contributed by atoms with Crippen molar-refractivity contribution in [2.75, 3.05) is 7.11 Å². The Kier molecular flexibility index (Phi) is 8.36. The number of hydrogen-bond donors (Lipinski definition) is 2. The Morgan fingerprint density at radius 1 is 1.00 bits per heavy atom. The minimum atomic E-state index is -1.14. The van der Waals surface area contributed by atoms with E-state index in [-0.39, 0.29) is 18.4 Å². The second-order valence-electron chi connectivity index (χ2n) is 9.95. The number of carbonyl (C=O) groups is 2. The van der Waals surface area contributed by atoms with Crippen LogP contribution < -0.4 is 14.8 Å². The molecule has 180 valence electrons. The summed E-state index contributed by atoms with van der Waals surface area (Å²) in [5.74, 6) is 0.218. The molecule has 0 saturated heterocycles. The Morgan fingerprint density at radius 3 is 2.15 bits per heavy atom. The molecule has 0 heterocycles. The molecule has 0 aliphatic carbocycles. The first-order valence-corrected chi connectivity index (χ1v) is 10.9. The fourth-order valence-electron chi connectivity index (χ4n) is 3.17. The number of carbonyl (C=O) groups excluding carboxylic acids is 1. The second-order valence-corrected chi connectivity index (χ2v) is 9.95. The van der Waals surface area contributed by atoms with Crippen LogP contribution in [-0.4, -0.2) is 35.9 Å². The predicted octanol–water partition coefficient (Wildman–Crippen LogP) is 5.09. The zero-order valence-electron chi connectivity index (χ0n) is 20.5. The van der Waals surface area contributed by atoms with E-state index >= 15 is 0 Å². The lowest BCUT2D eigenvalue weighted by Crippen LogP contribution is -2.44. The van der Waals surface area contributed by atoms with Crippen LogP contribution in [-0.2, 0) is 28.0 Å². The van der Waals surface area contributed by atoms with E-state index in [1.54, 1.807) is 40.0 Å². The van der Waals surface area contributed by atoms with Crippen molar-refractivity contribution in [2.24, 2.45) is 0 Å². The van der Waals surface area contributed by atoms with Crippen LogP contribution >= 0.6 is 0 Å². The van der Waals surface area contributed by atoms with E-state index in [9.17, 15) is 14.7 Å². The van der Waals surface area contributed by atoms with Crippen LogP contribution in [0.3, 0.4) is 0 Å². The molecule has 0 radical (unpaired) electrons. The molecule has 2 aromatic rings. The fourth-order valence-corrected chi connectivity index (χ4v) is 3.17. The Labute approximate surface area is 196 Å². The standard InChI is InChI=1S/C26H35NO6/c1-25(2,3)19-9-11-20(12-10-19)32-16-18-14-17(8-13-22(18)31-7)15-21(23(28)29)27-24(30)33-26(4,5)6/h8-14,21H,15-16H2,1-7H3,(H,27,30)(H,28,29). The van der Waals surface area contributed by atoms with Gasteiger partial charge in [-0.3, -0.25) is 0 Å². The van der Waals surface area contributed by atoms with Gasteiger partial charge in [0.25, 0.3) is 0 Å². The molecule has 1 amide bonds. The van der Waals surface area contributed by atoms with Crippen LogP contribution in [0.2, 0.25) is 0 Å². The highest BCUT2D eigenvalue weighted by atomic mass is 16.6. The maximum absolute atomic E-state index is 12.0. The van der Waals surface area contributed by atoms with Gasteiger partial charge in [-0.25, -0.2) is 9.59 Å². The molecule has 7 heteroatoms. The number of aliphatic carboxylic acids is 1. The molecule has 0 aliphatic rings. The average molecular weight is 458 g/mol. The van der Waals surface area contributed by atoms with Crippen LogP contribution in [0.15, 0.2) is 42.5 Å². The van der Waals surface area contributed by atoms with Gasteiger partial charge in [0, 0.05) is 12.0 Å². The lowest BCUT2D eigenvalue weighted by molar-refractivity contribution is -0.139. The van der Waals surface area contributed by atoms with Gasteiger partial charge in [-0.05, 0) is 61.6 Å². The summed E-state index contributed by atoms with van der Waals surface area (Å²) in [7, 11) is 1.57. The highest BCUT2D eigenvalue weighted by Crippen LogP contribution is 2.26. The number of carboxylic acid groups (broad SMARTS) is 1. The molecule has 0 fully saturated rings. The van der Waals surface area contributed by atoms with E-state index in [1.165, 1.54) is 5.56 Å². The van der Waals surface area contributed by atoms with E-state index in [4.69, 9.17) is 14.2 Å². The molecule has 7 nitrogen and oxygen atoms in total. The summed E-state index contributed by atoms with van der Waals surface area (Å²) in [4.78, 5) is 23.7. The number of amides is 1. The summed E-state index contributed by atoms with van der Waals surface area (Å²) in [6.07, 6.45) is -0.683. The van der Waals surface area contributed by atoms with Gasteiger partial charge in [0.15, 0.2) is 0 Å². The van der Waals surface area contributed by atoms with Crippen molar-refractivity contribution in [2.45, 2.75) is 71.6 Å². The first kappa shape index (κ1) is 26.0. The quantitative estimate of drug-likeness (QED) is 0.573. The number of methoxy groups -OCH3 is 1. The van der Waals surface area contributed by atoms with Gasteiger partial charge < -0.3 is 24.6 Å². The Morgan fingerprint density at radius 2 is 1.64 bits per heavy atom. The SMILES string of the molecule is COc1ccc(CC(NC(=O)OC(C)(C)C)C(=O)O)cc1COc1ccc(C(C)(C)C)cc1. The van der Waals surface area contributed by atoms with Crippen molar-refractivity contribution in [1.29, 1.82) is 0 Å². The van der Waals surface area contributed by atoms with Gasteiger partial charge in [0.2, 0.25) is 0 Å². The molecule has 0 spiro atoms. The summed E-state index contributed by atoms with van der Waals surface area (Å²) in [6, 6.07) is 12.2. The minimum absolute atomic E-state index is 0.0596. The van der Waals surface area contributed by atoms with Crippen molar-refractivity contribution in [3.63, 3.8) is 0 Å². The molecule has 2 rings (SSSR count). The number of nitrogens with one attached hydrogen (secondary N) is 1. The van der Waals surface area contributed by atoms with Crippen molar-refractivity contribution < 1.29 is 28.9 Å². The summed E-state index contributed by atoms with van der Waals surface area (Å²) in [5.41, 5.74) is 2.05. The summed E-state index contributed by atoms with van der Waals surface area (Å²) in [5, 5.41) is 12.0. The van der Waals surface area contributed by atoms with Gasteiger partial charge in [-0.2, -0.15) is 0 Å². The molecule has 33 heavy (non-hydrogen) atoms. The Bertz CT molecular complexity index is 954. The zero-order chi connectivity index (χ0) is 24.8. The van der Waals surface area contributed by atoms with Gasteiger partial charge >= 0.3 is 12.1 Å². The van der Waals surface area contributed by atoms with Crippen LogP contribution in [0.25, 0.3) is 0 Å². The molecule has 1 atom stereocenters. The Balaban J connectivity index is 2.12. The molecule has 0 bridgehead atoms. The molecule has 0 aliphatic heterocycles. The van der Waals surface area contributed by atoms with Crippen LogP contribution in [0, 0.1) is 0 Å². The first-order valence-electron chi connectivity index (χ1n) is 10.9. The number of ether oxygens (including phenoxy) is 3. The van der Waals surface area contributed by atoms with Crippen molar-refractivity contribution in [3.8, 4) is 11.5 Å².